The average Bonchev–Trinajstić information content (AvgIpc) is 3.33. The van der Waals surface area contributed by atoms with Crippen LogP contribution in [0.3, 0.4) is 0 Å². The molecule has 26 heavy (non-hydrogen) atoms. The van der Waals surface area contributed by atoms with Gasteiger partial charge in [-0.3, -0.25) is 9.58 Å². The summed E-state index contributed by atoms with van der Waals surface area (Å²) >= 11 is 0. The predicted molar refractivity (Wildman–Crippen MR) is 101 cm³/mol. The molecule has 2 aliphatic rings. The van der Waals surface area contributed by atoms with E-state index in [9.17, 15) is 0 Å². The van der Waals surface area contributed by atoms with Crippen molar-refractivity contribution in [2.75, 3.05) is 11.9 Å². The van der Waals surface area contributed by atoms with Gasteiger partial charge in [-0.15, -0.1) is 0 Å². The predicted octanol–water partition coefficient (Wildman–Crippen LogP) is 2.91. The maximum Gasteiger partial charge on any atom is 0.142 e. The minimum Gasteiger partial charge on any atom is -0.364 e. The van der Waals surface area contributed by atoms with Crippen LogP contribution in [0.15, 0.2) is 24.7 Å². The van der Waals surface area contributed by atoms with Crippen molar-refractivity contribution in [2.24, 2.45) is 0 Å². The number of H-pyrrole nitrogens is 1. The summed E-state index contributed by atoms with van der Waals surface area (Å²) in [4.78, 5) is 14.4. The number of fused-ring (bicyclic) bond motifs is 2. The third kappa shape index (κ3) is 2.96. The third-order valence-electron chi connectivity index (χ3n) is 5.76. The van der Waals surface area contributed by atoms with E-state index in [4.69, 9.17) is 5.10 Å². The fourth-order valence-corrected chi connectivity index (χ4v) is 4.38. The van der Waals surface area contributed by atoms with Crippen molar-refractivity contribution in [3.63, 3.8) is 0 Å². The van der Waals surface area contributed by atoms with E-state index >= 15 is 0 Å². The lowest BCUT2D eigenvalue weighted by Crippen LogP contribution is -2.42. The molecule has 1 aliphatic heterocycles. The van der Waals surface area contributed by atoms with Gasteiger partial charge in [-0.1, -0.05) is 19.3 Å². The van der Waals surface area contributed by atoms with Crippen LogP contribution < -0.4 is 5.32 Å². The molecule has 0 radical (unpaired) electrons. The minimum absolute atomic E-state index is 0.681. The summed E-state index contributed by atoms with van der Waals surface area (Å²) in [7, 11) is 0. The molecule has 0 saturated heterocycles. The Labute approximate surface area is 152 Å². The monoisotopic (exact) mass is 351 g/mol. The highest BCUT2D eigenvalue weighted by atomic mass is 15.3. The smallest absolute Gasteiger partial charge is 0.142 e. The molecule has 2 N–H and O–H groups in total. The number of rotatable bonds is 4. The van der Waals surface area contributed by atoms with E-state index in [1.165, 1.54) is 37.8 Å². The maximum atomic E-state index is 4.79. The van der Waals surface area contributed by atoms with Crippen LogP contribution in [-0.4, -0.2) is 42.2 Å². The van der Waals surface area contributed by atoms with Crippen LogP contribution in [0, 0.1) is 0 Å². The Morgan fingerprint density at radius 1 is 1.15 bits per heavy atom. The Kier molecular flexibility index (Phi) is 4.09. The summed E-state index contributed by atoms with van der Waals surface area (Å²) in [6.45, 7) is 3.84. The van der Waals surface area contributed by atoms with Gasteiger partial charge >= 0.3 is 0 Å². The first-order chi connectivity index (χ1) is 12.9. The van der Waals surface area contributed by atoms with E-state index in [0.717, 1.165) is 48.2 Å². The molecule has 136 valence electrons. The van der Waals surface area contributed by atoms with Crippen LogP contribution >= 0.6 is 0 Å². The molecule has 7 nitrogen and oxygen atoms in total. The highest BCUT2D eigenvalue weighted by molar-refractivity contribution is 5.86. The Bertz CT molecular complexity index is 890. The lowest BCUT2D eigenvalue weighted by atomic mass is 9.94. The van der Waals surface area contributed by atoms with E-state index in [-0.39, 0.29) is 0 Å². The molecule has 0 spiro atoms. The number of hydrogen-bond acceptors (Lipinski definition) is 5. The molecule has 7 heteroatoms. The summed E-state index contributed by atoms with van der Waals surface area (Å²) in [5.74, 6) is 0.853. The van der Waals surface area contributed by atoms with Crippen molar-refractivity contribution in [2.45, 2.75) is 57.8 Å². The first-order valence-corrected chi connectivity index (χ1v) is 9.68. The molecule has 0 amide bonds. The van der Waals surface area contributed by atoms with Gasteiger partial charge in [0, 0.05) is 25.3 Å². The van der Waals surface area contributed by atoms with Gasteiger partial charge in [0.05, 0.1) is 29.9 Å². The van der Waals surface area contributed by atoms with E-state index < -0.39 is 0 Å². The SMILES string of the molecule is c1nc(NCc2cc3n(n2)CCN(C2CCCCC2)C3)c2cc[nH]c2n1. The summed E-state index contributed by atoms with van der Waals surface area (Å²) in [5.41, 5.74) is 3.27. The molecule has 3 aromatic heterocycles. The zero-order chi connectivity index (χ0) is 17.3. The molecule has 3 aromatic rings. The Balaban J connectivity index is 1.27. The van der Waals surface area contributed by atoms with Crippen molar-refractivity contribution in [3.05, 3.63) is 36.0 Å². The number of aromatic amines is 1. The molecule has 4 heterocycles. The quantitative estimate of drug-likeness (QED) is 0.756. The number of nitrogens with zero attached hydrogens (tertiary/aromatic N) is 5. The van der Waals surface area contributed by atoms with Gasteiger partial charge in [-0.2, -0.15) is 5.10 Å². The molecular formula is C19H25N7. The van der Waals surface area contributed by atoms with Crippen LogP contribution in [0.4, 0.5) is 5.82 Å². The van der Waals surface area contributed by atoms with Crippen molar-refractivity contribution in [1.82, 2.24) is 29.6 Å². The van der Waals surface area contributed by atoms with Crippen molar-refractivity contribution in [3.8, 4) is 0 Å². The second-order valence-electron chi connectivity index (χ2n) is 7.43. The van der Waals surface area contributed by atoms with Gasteiger partial charge in [-0.25, -0.2) is 9.97 Å². The topological polar surface area (TPSA) is 74.7 Å². The Hall–Kier alpha value is -2.41. The van der Waals surface area contributed by atoms with Gasteiger partial charge in [0.15, 0.2) is 0 Å². The molecular weight excluding hydrogens is 326 g/mol. The number of hydrogen-bond donors (Lipinski definition) is 2. The van der Waals surface area contributed by atoms with E-state index in [0.29, 0.717) is 6.54 Å². The fourth-order valence-electron chi connectivity index (χ4n) is 4.38. The van der Waals surface area contributed by atoms with Crippen molar-refractivity contribution < 1.29 is 0 Å². The largest absolute Gasteiger partial charge is 0.364 e. The van der Waals surface area contributed by atoms with Gasteiger partial charge in [0.1, 0.15) is 17.8 Å². The van der Waals surface area contributed by atoms with Crippen LogP contribution in [0.2, 0.25) is 0 Å². The highest BCUT2D eigenvalue weighted by Gasteiger charge is 2.25. The van der Waals surface area contributed by atoms with Gasteiger partial charge in [-0.05, 0) is 25.0 Å². The Morgan fingerprint density at radius 3 is 3.00 bits per heavy atom. The number of aromatic nitrogens is 5. The normalized spacial score (nSPS) is 18.9. The van der Waals surface area contributed by atoms with Crippen LogP contribution in [0.5, 0.6) is 0 Å². The second-order valence-corrected chi connectivity index (χ2v) is 7.43. The molecule has 1 saturated carbocycles. The molecule has 5 rings (SSSR count). The van der Waals surface area contributed by atoms with E-state index in [1.54, 1.807) is 6.33 Å². The number of nitrogens with one attached hydrogen (secondary N) is 2. The Morgan fingerprint density at radius 2 is 2.08 bits per heavy atom. The van der Waals surface area contributed by atoms with Gasteiger partial charge in [0.2, 0.25) is 0 Å². The van der Waals surface area contributed by atoms with Crippen molar-refractivity contribution in [1.29, 1.82) is 0 Å². The van der Waals surface area contributed by atoms with Crippen LogP contribution in [-0.2, 0) is 19.6 Å². The molecule has 0 aromatic carbocycles. The van der Waals surface area contributed by atoms with Crippen LogP contribution in [0.1, 0.15) is 43.5 Å². The van der Waals surface area contributed by atoms with E-state index in [1.807, 2.05) is 12.3 Å². The minimum atomic E-state index is 0.681. The molecule has 0 atom stereocenters. The highest BCUT2D eigenvalue weighted by Crippen LogP contribution is 2.26. The van der Waals surface area contributed by atoms with Gasteiger partial charge in [0.25, 0.3) is 0 Å². The number of anilines is 1. The molecule has 0 bridgehead atoms. The molecule has 1 aliphatic carbocycles. The summed E-state index contributed by atoms with van der Waals surface area (Å²) in [6.07, 6.45) is 10.4. The standard InChI is InChI=1S/C19H25N7/c1-2-4-15(5-3-1)25-8-9-26-16(12-25)10-14(24-26)11-21-19-17-6-7-20-18(17)22-13-23-19/h6-7,10,13,15H,1-5,8-9,11-12H2,(H2,20,21,22,23). The summed E-state index contributed by atoms with van der Waals surface area (Å²) in [5, 5.41) is 9.22. The summed E-state index contributed by atoms with van der Waals surface area (Å²) in [6, 6.07) is 5.02. The van der Waals surface area contributed by atoms with Crippen LogP contribution in [0.25, 0.3) is 11.0 Å². The van der Waals surface area contributed by atoms with Gasteiger partial charge < -0.3 is 10.3 Å². The average molecular weight is 351 g/mol. The zero-order valence-corrected chi connectivity index (χ0v) is 15.0. The lowest BCUT2D eigenvalue weighted by molar-refractivity contribution is 0.119. The second kappa shape index (κ2) is 6.72. The molecule has 1 fully saturated rings. The van der Waals surface area contributed by atoms with E-state index in [2.05, 4.69) is 35.9 Å². The zero-order valence-electron chi connectivity index (χ0n) is 15.0. The first kappa shape index (κ1) is 15.8. The molecule has 0 unspecified atom stereocenters. The maximum absolute atomic E-state index is 4.79. The first-order valence-electron chi connectivity index (χ1n) is 9.68. The van der Waals surface area contributed by atoms with Crippen molar-refractivity contribution >= 4 is 16.9 Å². The fraction of sp³-hybridized carbons (Fsp3) is 0.526. The lowest BCUT2D eigenvalue weighted by Gasteiger charge is -2.36. The summed E-state index contributed by atoms with van der Waals surface area (Å²) < 4.78 is 2.18. The third-order valence-corrected chi connectivity index (χ3v) is 5.76.